The smallest absolute Gasteiger partial charge is 0.253 e. The molecule has 0 aliphatic carbocycles. The van der Waals surface area contributed by atoms with E-state index in [0.29, 0.717) is 12.5 Å². The van der Waals surface area contributed by atoms with Gasteiger partial charge in [0.15, 0.2) is 0 Å². The molecule has 15 heavy (non-hydrogen) atoms. The van der Waals surface area contributed by atoms with Crippen LogP contribution >= 0.6 is 0 Å². The van der Waals surface area contributed by atoms with Gasteiger partial charge in [-0.1, -0.05) is 13.8 Å². The highest BCUT2D eigenvalue weighted by Crippen LogP contribution is 2.36. The van der Waals surface area contributed by atoms with E-state index in [1.807, 2.05) is 0 Å². The van der Waals surface area contributed by atoms with Crippen molar-refractivity contribution in [3.05, 3.63) is 0 Å². The van der Waals surface area contributed by atoms with Crippen molar-refractivity contribution in [2.45, 2.75) is 26.7 Å². The van der Waals surface area contributed by atoms with Crippen LogP contribution in [0.25, 0.3) is 0 Å². The van der Waals surface area contributed by atoms with Crippen molar-refractivity contribution in [1.82, 2.24) is 10.4 Å². The van der Waals surface area contributed by atoms with Crippen molar-refractivity contribution in [2.75, 3.05) is 26.2 Å². The number of carbonyl (C=O) groups is 1. The third kappa shape index (κ3) is 1.76. The van der Waals surface area contributed by atoms with Gasteiger partial charge in [0.2, 0.25) is 0 Å². The molecule has 2 saturated heterocycles. The Kier molecular flexibility index (Phi) is 2.98. The molecule has 0 aromatic heterocycles. The van der Waals surface area contributed by atoms with Gasteiger partial charge in [-0.25, -0.2) is 5.06 Å². The number of nitrogens with one attached hydrogen (secondary N) is 1. The summed E-state index contributed by atoms with van der Waals surface area (Å²) in [6, 6.07) is 0. The Morgan fingerprint density at radius 1 is 1.53 bits per heavy atom. The molecule has 0 saturated carbocycles. The van der Waals surface area contributed by atoms with E-state index in [2.05, 4.69) is 19.2 Å². The highest BCUT2D eigenvalue weighted by molar-refractivity contribution is 5.83. The van der Waals surface area contributed by atoms with E-state index in [0.717, 1.165) is 32.5 Å². The summed E-state index contributed by atoms with van der Waals surface area (Å²) in [5, 5.41) is 4.87. The van der Waals surface area contributed by atoms with E-state index in [9.17, 15) is 4.79 Å². The second-order valence-electron chi connectivity index (χ2n) is 4.83. The van der Waals surface area contributed by atoms with Crippen LogP contribution in [0.15, 0.2) is 0 Å². The van der Waals surface area contributed by atoms with E-state index < -0.39 is 0 Å². The number of hydroxylamine groups is 2. The topological polar surface area (TPSA) is 41.6 Å². The van der Waals surface area contributed by atoms with Gasteiger partial charge in [0.1, 0.15) is 0 Å². The van der Waals surface area contributed by atoms with E-state index in [1.165, 1.54) is 0 Å². The molecule has 2 fully saturated rings. The molecule has 0 spiro atoms. The highest BCUT2D eigenvalue weighted by Gasteiger charge is 2.47. The van der Waals surface area contributed by atoms with Crippen LogP contribution in [-0.4, -0.2) is 37.2 Å². The highest BCUT2D eigenvalue weighted by atomic mass is 16.7. The van der Waals surface area contributed by atoms with Crippen molar-refractivity contribution >= 4 is 5.91 Å². The van der Waals surface area contributed by atoms with Crippen molar-refractivity contribution in [3.8, 4) is 0 Å². The number of rotatable bonds is 2. The van der Waals surface area contributed by atoms with E-state index in [-0.39, 0.29) is 11.3 Å². The summed E-state index contributed by atoms with van der Waals surface area (Å²) in [5.74, 6) is 0.546. The molecule has 2 aliphatic heterocycles. The standard InChI is InChI=1S/C11H20N2O2/c1-9(2)11(4-5-12-8-11)10(14)13-6-3-7-15-13/h9,12H,3-8H2,1-2H3. The fraction of sp³-hybridized carbons (Fsp3) is 0.909. The predicted octanol–water partition coefficient (Wildman–Crippen LogP) is 0.786. The van der Waals surface area contributed by atoms with Crippen molar-refractivity contribution in [3.63, 3.8) is 0 Å². The van der Waals surface area contributed by atoms with Crippen LogP contribution in [0.3, 0.4) is 0 Å². The zero-order valence-corrected chi connectivity index (χ0v) is 9.58. The lowest BCUT2D eigenvalue weighted by Gasteiger charge is -2.33. The first-order valence-electron chi connectivity index (χ1n) is 5.82. The van der Waals surface area contributed by atoms with Crippen LogP contribution in [-0.2, 0) is 9.63 Å². The van der Waals surface area contributed by atoms with Gasteiger partial charge in [-0.05, 0) is 25.3 Å². The SMILES string of the molecule is CC(C)C1(C(=O)N2CCCO2)CCNC1. The molecule has 1 unspecified atom stereocenters. The van der Waals surface area contributed by atoms with Gasteiger partial charge >= 0.3 is 0 Å². The van der Waals surface area contributed by atoms with Crippen molar-refractivity contribution in [2.24, 2.45) is 11.3 Å². The monoisotopic (exact) mass is 212 g/mol. The van der Waals surface area contributed by atoms with Crippen molar-refractivity contribution < 1.29 is 9.63 Å². The summed E-state index contributed by atoms with van der Waals surface area (Å²) in [6.45, 7) is 7.43. The van der Waals surface area contributed by atoms with Crippen LogP contribution in [0.4, 0.5) is 0 Å². The lowest BCUT2D eigenvalue weighted by Crippen LogP contribution is -2.46. The van der Waals surface area contributed by atoms with Crippen LogP contribution < -0.4 is 5.32 Å². The fourth-order valence-corrected chi connectivity index (χ4v) is 2.49. The lowest BCUT2D eigenvalue weighted by molar-refractivity contribution is -0.182. The quantitative estimate of drug-likeness (QED) is 0.735. The Hall–Kier alpha value is -0.610. The van der Waals surface area contributed by atoms with Gasteiger partial charge in [0.05, 0.1) is 18.6 Å². The summed E-state index contributed by atoms with van der Waals surface area (Å²) >= 11 is 0. The summed E-state index contributed by atoms with van der Waals surface area (Å²) < 4.78 is 0. The zero-order valence-electron chi connectivity index (χ0n) is 9.58. The molecule has 2 aliphatic rings. The molecular formula is C11H20N2O2. The van der Waals surface area contributed by atoms with Crippen LogP contribution in [0, 0.1) is 11.3 Å². The third-order valence-electron chi connectivity index (χ3n) is 3.70. The summed E-state index contributed by atoms with van der Waals surface area (Å²) in [7, 11) is 0. The van der Waals surface area contributed by atoms with Crippen LogP contribution in [0.5, 0.6) is 0 Å². The second-order valence-corrected chi connectivity index (χ2v) is 4.83. The van der Waals surface area contributed by atoms with Gasteiger partial charge < -0.3 is 5.32 Å². The Labute approximate surface area is 90.9 Å². The molecule has 0 aromatic rings. The molecule has 86 valence electrons. The Morgan fingerprint density at radius 2 is 2.33 bits per heavy atom. The molecule has 0 aromatic carbocycles. The average molecular weight is 212 g/mol. The van der Waals surface area contributed by atoms with E-state index in [4.69, 9.17) is 4.84 Å². The molecule has 0 radical (unpaired) electrons. The third-order valence-corrected chi connectivity index (χ3v) is 3.70. The first-order valence-corrected chi connectivity index (χ1v) is 5.82. The second kappa shape index (κ2) is 4.10. The first kappa shape index (κ1) is 10.9. The average Bonchev–Trinajstić information content (AvgIpc) is 2.89. The normalized spacial score (nSPS) is 31.5. The number of hydrogen-bond donors (Lipinski definition) is 1. The summed E-state index contributed by atoms with van der Waals surface area (Å²) in [4.78, 5) is 17.7. The maximum atomic E-state index is 12.4. The number of nitrogens with zero attached hydrogens (tertiary/aromatic N) is 1. The number of amides is 1. The molecule has 1 atom stereocenters. The Balaban J connectivity index is 2.13. The molecule has 4 heteroatoms. The Bertz CT molecular complexity index is 241. The number of hydrogen-bond acceptors (Lipinski definition) is 3. The maximum Gasteiger partial charge on any atom is 0.253 e. The summed E-state index contributed by atoms with van der Waals surface area (Å²) in [5.41, 5.74) is -0.232. The van der Waals surface area contributed by atoms with Gasteiger partial charge in [-0.2, -0.15) is 0 Å². The molecule has 1 N–H and O–H groups in total. The minimum absolute atomic E-state index is 0.181. The molecule has 4 nitrogen and oxygen atoms in total. The van der Waals surface area contributed by atoms with E-state index in [1.54, 1.807) is 5.06 Å². The number of carbonyl (C=O) groups excluding carboxylic acids is 1. The summed E-state index contributed by atoms with van der Waals surface area (Å²) in [6.07, 6.45) is 1.90. The zero-order chi connectivity index (χ0) is 10.9. The largest absolute Gasteiger partial charge is 0.316 e. The minimum Gasteiger partial charge on any atom is -0.316 e. The first-order chi connectivity index (χ1) is 7.17. The lowest BCUT2D eigenvalue weighted by atomic mass is 9.75. The molecule has 0 bridgehead atoms. The van der Waals surface area contributed by atoms with E-state index >= 15 is 0 Å². The van der Waals surface area contributed by atoms with Crippen molar-refractivity contribution in [1.29, 1.82) is 0 Å². The van der Waals surface area contributed by atoms with Gasteiger partial charge in [-0.3, -0.25) is 9.63 Å². The molecule has 2 rings (SSSR count). The molecule has 2 heterocycles. The van der Waals surface area contributed by atoms with Gasteiger partial charge in [0.25, 0.3) is 5.91 Å². The molecule has 1 amide bonds. The predicted molar refractivity (Wildman–Crippen MR) is 57.0 cm³/mol. The maximum absolute atomic E-state index is 12.4. The molecular weight excluding hydrogens is 192 g/mol. The van der Waals surface area contributed by atoms with Gasteiger partial charge in [-0.15, -0.1) is 0 Å². The van der Waals surface area contributed by atoms with Crippen LogP contribution in [0.1, 0.15) is 26.7 Å². The fourth-order valence-electron chi connectivity index (χ4n) is 2.49. The minimum atomic E-state index is -0.232. The van der Waals surface area contributed by atoms with Gasteiger partial charge in [0, 0.05) is 6.54 Å². The Morgan fingerprint density at radius 3 is 2.80 bits per heavy atom. The van der Waals surface area contributed by atoms with Crippen LogP contribution in [0.2, 0.25) is 0 Å².